The molecule has 8 bridgehead atoms. The number of nitrogens with one attached hydrogen (secondary N) is 1. The number of carbonyl (C=O) groups is 2. The van der Waals surface area contributed by atoms with E-state index in [2.05, 4.69) is 25.7 Å². The van der Waals surface area contributed by atoms with Gasteiger partial charge >= 0.3 is 11.9 Å². The van der Waals surface area contributed by atoms with Crippen LogP contribution in [0.5, 0.6) is 0 Å². The molecular weight excluding hydrogens is 556 g/mol. The molecule has 0 amide bonds. The first-order valence-electron chi connectivity index (χ1n) is 14.9. The maximum absolute atomic E-state index is 13.2. The van der Waals surface area contributed by atoms with Crippen molar-refractivity contribution in [1.82, 2.24) is 5.32 Å². The third-order valence-electron chi connectivity index (χ3n) is 9.53. The van der Waals surface area contributed by atoms with Gasteiger partial charge in [0.15, 0.2) is 0 Å². The van der Waals surface area contributed by atoms with Crippen LogP contribution in [0.15, 0.2) is 119 Å². The van der Waals surface area contributed by atoms with Crippen LogP contribution in [0.3, 0.4) is 0 Å². The van der Waals surface area contributed by atoms with E-state index in [0.717, 1.165) is 62.8 Å². The molecule has 226 valence electrons. The van der Waals surface area contributed by atoms with E-state index in [1.807, 2.05) is 45.1 Å². The summed E-state index contributed by atoms with van der Waals surface area (Å²) in [6.45, 7) is 14.1. The molecule has 1 unspecified atom stereocenters. The average molecular weight is 593 g/mol. The normalized spacial score (nSPS) is 25.6. The Morgan fingerprint density at radius 3 is 2.41 bits per heavy atom. The number of methoxy groups -OCH3 is 1. The zero-order chi connectivity index (χ0) is 31.6. The van der Waals surface area contributed by atoms with Crippen molar-refractivity contribution in [1.29, 1.82) is 0 Å². The van der Waals surface area contributed by atoms with Crippen molar-refractivity contribution in [2.24, 2.45) is 32.7 Å². The summed E-state index contributed by atoms with van der Waals surface area (Å²) in [5.74, 6) is -3.14. The molecule has 1 saturated heterocycles. The van der Waals surface area contributed by atoms with Gasteiger partial charge in [0.2, 0.25) is 0 Å². The van der Waals surface area contributed by atoms with Crippen LogP contribution in [0.25, 0.3) is 0 Å². The van der Waals surface area contributed by atoms with Gasteiger partial charge in [0, 0.05) is 46.4 Å². The number of aliphatic imine (C=N–C) groups is 3. The molecule has 0 radical (unpaired) electrons. The van der Waals surface area contributed by atoms with Gasteiger partial charge in [0.05, 0.1) is 41.3 Å². The first kappa shape index (κ1) is 29.3. The third kappa shape index (κ3) is 4.32. The van der Waals surface area contributed by atoms with Gasteiger partial charge in [-0.1, -0.05) is 26.5 Å². The van der Waals surface area contributed by atoms with Crippen molar-refractivity contribution in [3.63, 3.8) is 0 Å². The molecule has 0 aromatic carbocycles. The van der Waals surface area contributed by atoms with Gasteiger partial charge in [-0.25, -0.2) is 15.0 Å². The van der Waals surface area contributed by atoms with Crippen molar-refractivity contribution in [3.8, 4) is 0 Å². The molecule has 9 nitrogen and oxygen atoms in total. The highest BCUT2D eigenvalue weighted by Gasteiger charge is 2.49. The van der Waals surface area contributed by atoms with Gasteiger partial charge in [0.1, 0.15) is 11.7 Å². The molecule has 6 rings (SSSR count). The van der Waals surface area contributed by atoms with Crippen LogP contribution in [0.1, 0.15) is 53.9 Å². The second kappa shape index (κ2) is 10.7. The molecule has 0 aromatic heterocycles. The van der Waals surface area contributed by atoms with E-state index >= 15 is 0 Å². The minimum atomic E-state index is -1.09. The lowest BCUT2D eigenvalue weighted by Gasteiger charge is -2.20. The van der Waals surface area contributed by atoms with E-state index in [9.17, 15) is 19.8 Å². The summed E-state index contributed by atoms with van der Waals surface area (Å²) in [5, 5.41) is 24.7. The topological polar surface area (TPSA) is 133 Å². The van der Waals surface area contributed by atoms with Crippen molar-refractivity contribution >= 4 is 29.1 Å². The molecule has 3 atom stereocenters. The fraction of sp³-hybridized carbons (Fsp3) is 0.343. The quantitative estimate of drug-likeness (QED) is 0.319. The molecule has 0 aromatic rings. The Morgan fingerprint density at radius 2 is 1.75 bits per heavy atom. The lowest BCUT2D eigenvalue weighted by atomic mass is 9.84. The highest BCUT2D eigenvalue weighted by molar-refractivity contribution is 6.24. The Balaban J connectivity index is 1.67. The highest BCUT2D eigenvalue weighted by Crippen LogP contribution is 2.49. The number of aliphatic carboxylic acids is 1. The van der Waals surface area contributed by atoms with Gasteiger partial charge in [-0.3, -0.25) is 9.59 Å². The molecule has 9 heteroatoms. The predicted octanol–water partition coefficient (Wildman–Crippen LogP) is 6.11. The van der Waals surface area contributed by atoms with E-state index in [1.165, 1.54) is 7.11 Å². The average Bonchev–Trinajstić information content (AvgIpc) is 3.72. The fourth-order valence-electron chi connectivity index (χ4n) is 7.05. The summed E-state index contributed by atoms with van der Waals surface area (Å²) in [6.07, 6.45) is 8.76. The maximum Gasteiger partial charge on any atom is 0.321 e. The van der Waals surface area contributed by atoms with Crippen molar-refractivity contribution < 1.29 is 24.5 Å². The number of carbonyl (C=O) groups excluding carboxylic acids is 1. The highest BCUT2D eigenvalue weighted by atomic mass is 16.5. The fourth-order valence-corrected chi connectivity index (χ4v) is 7.05. The minimum Gasteiger partial charge on any atom is -0.510 e. The molecule has 5 aliphatic heterocycles. The molecular formula is C35H36N4O5. The third-order valence-corrected chi connectivity index (χ3v) is 9.53. The monoisotopic (exact) mass is 592 g/mol. The largest absolute Gasteiger partial charge is 0.510 e. The van der Waals surface area contributed by atoms with Gasteiger partial charge in [-0.15, -0.1) is 0 Å². The number of fused-ring (bicyclic) bond motifs is 5. The van der Waals surface area contributed by atoms with E-state index in [-0.39, 0.29) is 24.0 Å². The Kier molecular flexibility index (Phi) is 7.14. The number of rotatable bonds is 6. The van der Waals surface area contributed by atoms with Crippen LogP contribution in [-0.4, -0.2) is 46.4 Å². The Labute approximate surface area is 256 Å². The number of hydrogen-bond acceptors (Lipinski definition) is 8. The zero-order valence-corrected chi connectivity index (χ0v) is 25.8. The standard InChI is InChI=1S/C35H36N4O5/c1-8-19-15(3)22-12-24-17(5)21(10-11-28(40)41)32(38-24)30-31(35(43)44-7)34(42)29-18(6)25(39-33(29)30)14-27-20(9-2)16(4)23(37-27)13-26(19)36-22/h8,12-14,17,21,31,38,42H,1,9-11H2,2-7H3,(H,40,41)/t17-,21?,31+/m0/s1. The van der Waals surface area contributed by atoms with Gasteiger partial charge in [-0.2, -0.15) is 0 Å². The van der Waals surface area contributed by atoms with Crippen LogP contribution in [-0.2, 0) is 14.3 Å². The summed E-state index contributed by atoms with van der Waals surface area (Å²) < 4.78 is 5.17. The molecule has 5 heterocycles. The Bertz CT molecular complexity index is 1810. The van der Waals surface area contributed by atoms with E-state index in [4.69, 9.17) is 19.7 Å². The number of nitrogens with zero attached hydrogens (tertiary/aromatic N) is 3. The van der Waals surface area contributed by atoms with Crippen LogP contribution < -0.4 is 5.32 Å². The minimum absolute atomic E-state index is 0.0595. The zero-order valence-electron chi connectivity index (χ0n) is 25.8. The number of carboxylic acid groups (broad SMARTS) is 1. The maximum atomic E-state index is 13.2. The molecule has 1 aliphatic carbocycles. The lowest BCUT2D eigenvalue weighted by molar-refractivity contribution is -0.143. The smallest absolute Gasteiger partial charge is 0.321 e. The molecule has 0 saturated carbocycles. The number of carboxylic acids is 1. The molecule has 0 spiro atoms. The molecule has 6 aliphatic rings. The van der Waals surface area contributed by atoms with Crippen LogP contribution in [0.4, 0.5) is 0 Å². The van der Waals surface area contributed by atoms with Gasteiger partial charge < -0.3 is 20.3 Å². The number of ether oxygens (including phenoxy) is 1. The van der Waals surface area contributed by atoms with E-state index in [1.54, 1.807) is 0 Å². The van der Waals surface area contributed by atoms with Crippen LogP contribution in [0, 0.1) is 17.8 Å². The number of allylic oxidation sites excluding steroid dienone is 11. The first-order chi connectivity index (χ1) is 21.0. The van der Waals surface area contributed by atoms with E-state index < -0.39 is 17.9 Å². The van der Waals surface area contributed by atoms with Crippen molar-refractivity contribution in [2.75, 3.05) is 7.11 Å². The van der Waals surface area contributed by atoms with E-state index in [0.29, 0.717) is 34.7 Å². The summed E-state index contributed by atoms with van der Waals surface area (Å²) in [7, 11) is 1.29. The summed E-state index contributed by atoms with van der Waals surface area (Å²) in [5.41, 5.74) is 11.6. The number of aliphatic hydroxyl groups excluding tert-OH is 1. The predicted molar refractivity (Wildman–Crippen MR) is 170 cm³/mol. The SMILES string of the molecule is C=CC1=C(C)C2=NC1=CC1=NC(=CC3=C(C)C4=C(O)[C@H](C(=O)OC)C(=C5NC(=C2)[C@@H](C)C5CCC(=O)O)C4=N3)C(CC)=C1C. The molecule has 3 N–H and O–H groups in total. The Hall–Kier alpha value is -4.79. The Morgan fingerprint density at radius 1 is 1.05 bits per heavy atom. The first-order valence-corrected chi connectivity index (χ1v) is 14.9. The number of esters is 1. The van der Waals surface area contributed by atoms with Crippen molar-refractivity contribution in [2.45, 2.75) is 53.9 Å². The van der Waals surface area contributed by atoms with Crippen LogP contribution >= 0.6 is 0 Å². The number of aliphatic hydroxyl groups is 1. The second-order valence-corrected chi connectivity index (χ2v) is 11.8. The summed E-state index contributed by atoms with van der Waals surface area (Å²) >= 11 is 0. The van der Waals surface area contributed by atoms with Gasteiger partial charge in [-0.05, 0) is 74.1 Å². The second-order valence-electron chi connectivity index (χ2n) is 11.8. The summed E-state index contributed by atoms with van der Waals surface area (Å²) in [4.78, 5) is 40.0. The molecule has 1 fully saturated rings. The number of hydrogen-bond donors (Lipinski definition) is 3. The van der Waals surface area contributed by atoms with Crippen LogP contribution in [0.2, 0.25) is 0 Å². The molecule has 44 heavy (non-hydrogen) atoms. The van der Waals surface area contributed by atoms with Crippen molar-refractivity contribution in [3.05, 3.63) is 104 Å². The summed E-state index contributed by atoms with van der Waals surface area (Å²) in [6, 6.07) is 0. The lowest BCUT2D eigenvalue weighted by Crippen LogP contribution is -2.25. The van der Waals surface area contributed by atoms with Gasteiger partial charge in [0.25, 0.3) is 0 Å².